The van der Waals surface area contributed by atoms with Gasteiger partial charge in [-0.3, -0.25) is 4.90 Å². The maximum atomic E-state index is 4.39. The van der Waals surface area contributed by atoms with Crippen LogP contribution in [0.2, 0.25) is 0 Å². The third kappa shape index (κ3) is 4.24. The Balaban J connectivity index is 0.000000606. The van der Waals surface area contributed by atoms with Gasteiger partial charge in [-0.05, 0) is 13.0 Å². The predicted octanol–water partition coefficient (Wildman–Crippen LogP) is 1.22. The summed E-state index contributed by atoms with van der Waals surface area (Å²) in [7, 11) is 0. The van der Waals surface area contributed by atoms with Gasteiger partial charge >= 0.3 is 0 Å². The van der Waals surface area contributed by atoms with E-state index in [1.165, 1.54) is 0 Å². The Bertz CT molecular complexity index is 295. The molecule has 0 amide bonds. The number of rotatable bonds is 2. The molecule has 2 rings (SSSR count). The lowest BCUT2D eigenvalue weighted by Gasteiger charge is -2.26. The number of nitrogens with zero attached hydrogens (tertiary/aromatic N) is 3. The molecule has 16 heavy (non-hydrogen) atoms. The minimum absolute atomic E-state index is 0.878. The van der Waals surface area contributed by atoms with Gasteiger partial charge in [0.05, 0.1) is 6.54 Å². The van der Waals surface area contributed by atoms with Crippen molar-refractivity contribution in [2.75, 3.05) is 26.2 Å². The second-order valence-corrected chi connectivity index (χ2v) is 3.64. The largest absolute Gasteiger partial charge is 0.314 e. The van der Waals surface area contributed by atoms with Crippen LogP contribution in [0.3, 0.4) is 0 Å². The zero-order valence-electron chi connectivity index (χ0n) is 10.5. The molecule has 1 aromatic rings. The van der Waals surface area contributed by atoms with Crippen molar-refractivity contribution in [1.29, 1.82) is 0 Å². The topological polar surface area (TPSA) is 41.1 Å². The number of hydrogen-bond donors (Lipinski definition) is 1. The van der Waals surface area contributed by atoms with Crippen LogP contribution in [0.1, 0.15) is 25.4 Å². The summed E-state index contributed by atoms with van der Waals surface area (Å²) in [4.78, 5) is 11.0. The Morgan fingerprint density at radius 1 is 1.31 bits per heavy atom. The van der Waals surface area contributed by atoms with Gasteiger partial charge in [-0.1, -0.05) is 13.8 Å². The van der Waals surface area contributed by atoms with Gasteiger partial charge in [-0.2, -0.15) is 0 Å². The molecule has 1 fully saturated rings. The average Bonchev–Trinajstić information content (AvgIpc) is 2.33. The number of nitrogens with one attached hydrogen (secondary N) is 1. The molecule has 1 saturated heterocycles. The van der Waals surface area contributed by atoms with Crippen molar-refractivity contribution in [3.8, 4) is 0 Å². The van der Waals surface area contributed by atoms with Crippen LogP contribution in [-0.2, 0) is 6.54 Å². The number of piperazine rings is 1. The highest BCUT2D eigenvalue weighted by Gasteiger charge is 2.10. The fourth-order valence-corrected chi connectivity index (χ4v) is 1.65. The first-order valence-corrected chi connectivity index (χ1v) is 6.06. The molecule has 0 spiro atoms. The molecule has 90 valence electrons. The first-order chi connectivity index (χ1) is 7.84. The minimum Gasteiger partial charge on any atom is -0.314 e. The smallest absolute Gasteiger partial charge is 0.142 e. The third-order valence-electron chi connectivity index (χ3n) is 2.42. The van der Waals surface area contributed by atoms with Crippen molar-refractivity contribution in [2.24, 2.45) is 0 Å². The summed E-state index contributed by atoms with van der Waals surface area (Å²) in [5, 5.41) is 3.33. The molecule has 0 radical (unpaired) electrons. The molecule has 1 aromatic heterocycles. The van der Waals surface area contributed by atoms with Crippen LogP contribution >= 0.6 is 0 Å². The molecule has 0 unspecified atom stereocenters. The molecule has 4 nitrogen and oxygen atoms in total. The predicted molar refractivity (Wildman–Crippen MR) is 66.3 cm³/mol. The van der Waals surface area contributed by atoms with Crippen LogP contribution in [0.25, 0.3) is 0 Å². The fraction of sp³-hybridized carbons (Fsp3) is 0.667. The van der Waals surface area contributed by atoms with E-state index < -0.39 is 0 Å². The molecule has 0 bridgehead atoms. The van der Waals surface area contributed by atoms with Gasteiger partial charge in [-0.25, -0.2) is 9.97 Å². The van der Waals surface area contributed by atoms with Gasteiger partial charge in [0.2, 0.25) is 0 Å². The number of aryl methyl sites for hydroxylation is 1. The van der Waals surface area contributed by atoms with Crippen molar-refractivity contribution >= 4 is 0 Å². The highest BCUT2D eigenvalue weighted by atomic mass is 15.2. The second-order valence-electron chi connectivity index (χ2n) is 3.64. The van der Waals surface area contributed by atoms with Crippen LogP contribution in [0.15, 0.2) is 12.3 Å². The zero-order valence-corrected chi connectivity index (χ0v) is 10.5. The Labute approximate surface area is 98.1 Å². The van der Waals surface area contributed by atoms with Crippen molar-refractivity contribution in [3.63, 3.8) is 0 Å². The first kappa shape index (κ1) is 13.1. The van der Waals surface area contributed by atoms with E-state index in [9.17, 15) is 0 Å². The standard InChI is InChI=1S/C10H16N4.C2H6/c1-9-2-3-12-10(13-9)8-14-6-4-11-5-7-14;1-2/h2-3,11H,4-8H2,1H3;1-2H3. The van der Waals surface area contributed by atoms with E-state index in [1.54, 1.807) is 0 Å². The van der Waals surface area contributed by atoms with Crippen molar-refractivity contribution in [2.45, 2.75) is 27.3 Å². The SMILES string of the molecule is CC.Cc1ccnc(CN2CCNCC2)n1. The van der Waals surface area contributed by atoms with Crippen LogP contribution in [-0.4, -0.2) is 41.0 Å². The zero-order chi connectivity index (χ0) is 11.8. The third-order valence-corrected chi connectivity index (χ3v) is 2.42. The molecule has 0 aliphatic carbocycles. The van der Waals surface area contributed by atoms with Gasteiger partial charge in [-0.15, -0.1) is 0 Å². The van der Waals surface area contributed by atoms with Crippen LogP contribution < -0.4 is 5.32 Å². The molecule has 0 aromatic carbocycles. The number of aromatic nitrogens is 2. The highest BCUT2D eigenvalue weighted by molar-refractivity contribution is 4.99. The van der Waals surface area contributed by atoms with E-state index in [4.69, 9.17) is 0 Å². The summed E-state index contributed by atoms with van der Waals surface area (Å²) >= 11 is 0. The van der Waals surface area contributed by atoms with Gasteiger partial charge in [0.1, 0.15) is 5.82 Å². The van der Waals surface area contributed by atoms with E-state index in [-0.39, 0.29) is 0 Å². The van der Waals surface area contributed by atoms with Crippen LogP contribution in [0, 0.1) is 6.92 Å². The Kier molecular flexibility index (Phi) is 5.96. The monoisotopic (exact) mass is 222 g/mol. The maximum Gasteiger partial charge on any atom is 0.142 e. The van der Waals surface area contributed by atoms with Crippen molar-refractivity contribution in [1.82, 2.24) is 20.2 Å². The summed E-state index contributed by atoms with van der Waals surface area (Å²) in [6.45, 7) is 11.2. The molecule has 0 atom stereocenters. The Morgan fingerprint density at radius 2 is 2.00 bits per heavy atom. The molecule has 1 aliphatic heterocycles. The average molecular weight is 222 g/mol. The van der Waals surface area contributed by atoms with Crippen LogP contribution in [0.5, 0.6) is 0 Å². The summed E-state index contributed by atoms with van der Waals surface area (Å²) in [6, 6.07) is 1.93. The molecular weight excluding hydrogens is 200 g/mol. The molecule has 2 heterocycles. The quantitative estimate of drug-likeness (QED) is 0.817. The number of hydrogen-bond acceptors (Lipinski definition) is 4. The Hall–Kier alpha value is -1.00. The lowest BCUT2D eigenvalue weighted by molar-refractivity contribution is 0.228. The van der Waals surface area contributed by atoms with Crippen molar-refractivity contribution < 1.29 is 0 Å². The fourth-order valence-electron chi connectivity index (χ4n) is 1.65. The van der Waals surface area contributed by atoms with E-state index in [0.29, 0.717) is 0 Å². The van der Waals surface area contributed by atoms with Gasteiger partial charge < -0.3 is 5.32 Å². The van der Waals surface area contributed by atoms with E-state index >= 15 is 0 Å². The summed E-state index contributed by atoms with van der Waals surface area (Å²) in [5.74, 6) is 0.937. The van der Waals surface area contributed by atoms with Gasteiger partial charge in [0.25, 0.3) is 0 Å². The van der Waals surface area contributed by atoms with E-state index in [2.05, 4.69) is 20.2 Å². The second kappa shape index (κ2) is 7.30. The Morgan fingerprint density at radius 3 is 2.62 bits per heavy atom. The highest BCUT2D eigenvalue weighted by Crippen LogP contribution is 2.00. The molecular formula is C12H22N4. The molecule has 1 aliphatic rings. The first-order valence-electron chi connectivity index (χ1n) is 6.06. The lowest BCUT2D eigenvalue weighted by atomic mass is 10.3. The minimum atomic E-state index is 0.878. The normalized spacial score (nSPS) is 16.4. The molecule has 1 N–H and O–H groups in total. The molecule has 0 saturated carbocycles. The van der Waals surface area contributed by atoms with Gasteiger partial charge in [0, 0.05) is 38.1 Å². The van der Waals surface area contributed by atoms with E-state index in [1.807, 2.05) is 33.0 Å². The van der Waals surface area contributed by atoms with E-state index in [0.717, 1.165) is 44.2 Å². The molecule has 4 heteroatoms. The van der Waals surface area contributed by atoms with Crippen LogP contribution in [0.4, 0.5) is 0 Å². The lowest BCUT2D eigenvalue weighted by Crippen LogP contribution is -2.43. The maximum absolute atomic E-state index is 4.39. The summed E-state index contributed by atoms with van der Waals surface area (Å²) in [6.07, 6.45) is 1.83. The summed E-state index contributed by atoms with van der Waals surface area (Å²) in [5.41, 5.74) is 1.05. The summed E-state index contributed by atoms with van der Waals surface area (Å²) < 4.78 is 0. The van der Waals surface area contributed by atoms with Gasteiger partial charge in [0.15, 0.2) is 0 Å². The van der Waals surface area contributed by atoms with Crippen molar-refractivity contribution in [3.05, 3.63) is 23.8 Å².